The van der Waals surface area contributed by atoms with Crippen LogP contribution in [0.2, 0.25) is 0 Å². The van der Waals surface area contributed by atoms with Crippen LogP contribution in [-0.4, -0.2) is 50.0 Å². The van der Waals surface area contributed by atoms with Gasteiger partial charge in [-0.1, -0.05) is 79.2 Å². The Bertz CT molecular complexity index is 1420. The molecule has 8 heteroatoms. The molecule has 0 aromatic heterocycles. The van der Waals surface area contributed by atoms with E-state index in [1.54, 1.807) is 6.07 Å². The summed E-state index contributed by atoms with van der Waals surface area (Å²) in [5.41, 5.74) is 4.97. The molecule has 0 heterocycles. The average Bonchev–Trinajstić information content (AvgIpc) is 2.90. The molecule has 1 N–H and O–H groups in total. The van der Waals surface area contributed by atoms with Gasteiger partial charge in [-0.15, -0.1) is 0 Å². The van der Waals surface area contributed by atoms with Crippen LogP contribution in [0, 0.1) is 20.8 Å². The molecule has 0 saturated carbocycles. The van der Waals surface area contributed by atoms with E-state index in [9.17, 15) is 18.0 Å². The summed E-state index contributed by atoms with van der Waals surface area (Å²) in [6, 6.07) is 21.8. The fraction of sp³-hybridized carbons (Fsp3) is 0.375. The van der Waals surface area contributed by atoms with E-state index in [0.717, 1.165) is 44.8 Å². The Morgan fingerprint density at radius 1 is 0.900 bits per heavy atom. The molecule has 2 atom stereocenters. The third-order valence-corrected chi connectivity index (χ3v) is 8.30. The minimum atomic E-state index is -3.81. The first-order valence-corrected chi connectivity index (χ1v) is 15.5. The number of benzene rings is 3. The van der Waals surface area contributed by atoms with Crippen LogP contribution in [0.25, 0.3) is 0 Å². The van der Waals surface area contributed by atoms with Gasteiger partial charge in [0.05, 0.1) is 11.9 Å². The van der Waals surface area contributed by atoms with E-state index in [0.29, 0.717) is 12.1 Å². The summed E-state index contributed by atoms with van der Waals surface area (Å²) in [6.45, 7) is 9.38. The van der Waals surface area contributed by atoms with Crippen LogP contribution in [0.4, 0.5) is 5.69 Å². The number of rotatable bonds is 12. The molecule has 3 aromatic carbocycles. The summed E-state index contributed by atoms with van der Waals surface area (Å²) in [7, 11) is -3.81. The van der Waals surface area contributed by atoms with Gasteiger partial charge in [-0.3, -0.25) is 13.9 Å². The third kappa shape index (κ3) is 8.18. The first kappa shape index (κ1) is 30.9. The number of aryl methyl sites for hydroxylation is 3. The molecule has 0 aliphatic rings. The van der Waals surface area contributed by atoms with Crippen molar-refractivity contribution in [3.8, 4) is 0 Å². The fourth-order valence-electron chi connectivity index (χ4n) is 4.65. The Kier molecular flexibility index (Phi) is 10.5. The topological polar surface area (TPSA) is 86.8 Å². The van der Waals surface area contributed by atoms with Gasteiger partial charge < -0.3 is 10.2 Å². The van der Waals surface area contributed by atoms with Gasteiger partial charge in [0.25, 0.3) is 0 Å². The number of carbonyl (C=O) groups excluding carboxylic acids is 2. The number of nitrogens with zero attached hydrogens (tertiary/aromatic N) is 2. The maximum atomic E-state index is 14.2. The Hall–Kier alpha value is -3.65. The van der Waals surface area contributed by atoms with Crippen molar-refractivity contribution < 1.29 is 18.0 Å². The molecular formula is C32H41N3O4S. The normalized spacial score (nSPS) is 12.8. The molecule has 0 aliphatic carbocycles. The summed E-state index contributed by atoms with van der Waals surface area (Å²) in [5, 5.41) is 3.05. The van der Waals surface area contributed by atoms with Crippen LogP contribution in [0.15, 0.2) is 72.8 Å². The number of anilines is 1. The predicted molar refractivity (Wildman–Crippen MR) is 162 cm³/mol. The van der Waals surface area contributed by atoms with Gasteiger partial charge in [0.2, 0.25) is 21.8 Å². The first-order valence-electron chi connectivity index (χ1n) is 13.6. The molecule has 214 valence electrons. The van der Waals surface area contributed by atoms with E-state index >= 15 is 0 Å². The van der Waals surface area contributed by atoms with E-state index < -0.39 is 28.5 Å². The van der Waals surface area contributed by atoms with Gasteiger partial charge in [-0.2, -0.15) is 0 Å². The van der Waals surface area contributed by atoms with Crippen molar-refractivity contribution in [3.05, 3.63) is 101 Å². The highest BCUT2D eigenvalue weighted by Crippen LogP contribution is 2.25. The fourth-order valence-corrected chi connectivity index (χ4v) is 5.55. The molecular weight excluding hydrogens is 522 g/mol. The Morgan fingerprint density at radius 3 is 2.15 bits per heavy atom. The summed E-state index contributed by atoms with van der Waals surface area (Å²) < 4.78 is 27.1. The lowest BCUT2D eigenvalue weighted by atomic mass is 10.0. The van der Waals surface area contributed by atoms with Crippen molar-refractivity contribution in [1.29, 1.82) is 0 Å². The largest absolute Gasteiger partial charge is 0.352 e. The molecule has 0 bridgehead atoms. The summed E-state index contributed by atoms with van der Waals surface area (Å²) >= 11 is 0. The van der Waals surface area contributed by atoms with Crippen LogP contribution in [-0.2, 0) is 32.6 Å². The number of carbonyl (C=O) groups is 2. The van der Waals surface area contributed by atoms with Gasteiger partial charge in [-0.25, -0.2) is 8.42 Å². The standard InChI is InChI=1S/C32H41N3O4S/c1-7-26(5)33-32(37)30(20-27-14-9-8-10-15-27)34(21-28-16-12-11-13-24(28)3)31(36)22-35(40(6,38)39)29-18-17-23(2)19-25(29)4/h8-19,26,30H,7,20-22H2,1-6H3,(H,33,37). The molecule has 3 aromatic rings. The van der Waals surface area contributed by atoms with Gasteiger partial charge in [0, 0.05) is 19.0 Å². The maximum absolute atomic E-state index is 14.2. The average molecular weight is 564 g/mol. The zero-order valence-corrected chi connectivity index (χ0v) is 25.2. The predicted octanol–water partition coefficient (Wildman–Crippen LogP) is 4.93. The van der Waals surface area contributed by atoms with Crippen LogP contribution in [0.5, 0.6) is 0 Å². The van der Waals surface area contributed by atoms with Crippen molar-refractivity contribution in [2.24, 2.45) is 0 Å². The highest BCUT2D eigenvalue weighted by molar-refractivity contribution is 7.92. The van der Waals surface area contributed by atoms with Gasteiger partial charge in [0.15, 0.2) is 0 Å². The molecule has 0 radical (unpaired) electrons. The molecule has 0 fully saturated rings. The quantitative estimate of drug-likeness (QED) is 0.339. The lowest BCUT2D eigenvalue weighted by molar-refractivity contribution is -0.140. The monoisotopic (exact) mass is 563 g/mol. The lowest BCUT2D eigenvalue weighted by Crippen LogP contribution is -2.54. The Balaban J connectivity index is 2.09. The molecule has 3 rings (SSSR count). The number of hydrogen-bond donors (Lipinski definition) is 1. The second kappa shape index (κ2) is 13.6. The Labute approximate surface area is 239 Å². The molecule has 0 spiro atoms. The number of sulfonamides is 1. The Morgan fingerprint density at radius 2 is 1.55 bits per heavy atom. The van der Waals surface area contributed by atoms with Gasteiger partial charge in [-0.05, 0) is 62.4 Å². The minimum Gasteiger partial charge on any atom is -0.352 e. The second-order valence-corrected chi connectivity index (χ2v) is 12.4. The first-order chi connectivity index (χ1) is 18.9. The van der Waals surface area contributed by atoms with Crippen LogP contribution in [0.1, 0.15) is 48.1 Å². The molecule has 2 amide bonds. The van der Waals surface area contributed by atoms with Crippen molar-refractivity contribution in [2.45, 2.75) is 66.1 Å². The molecule has 7 nitrogen and oxygen atoms in total. The van der Waals surface area contributed by atoms with E-state index in [-0.39, 0.29) is 18.5 Å². The molecule has 0 aliphatic heterocycles. The van der Waals surface area contributed by atoms with Crippen molar-refractivity contribution in [2.75, 3.05) is 17.1 Å². The number of hydrogen-bond acceptors (Lipinski definition) is 4. The minimum absolute atomic E-state index is 0.0797. The van der Waals surface area contributed by atoms with Gasteiger partial charge >= 0.3 is 0 Å². The summed E-state index contributed by atoms with van der Waals surface area (Å²) in [5.74, 6) is -0.716. The maximum Gasteiger partial charge on any atom is 0.244 e. The molecule has 40 heavy (non-hydrogen) atoms. The summed E-state index contributed by atoms with van der Waals surface area (Å²) in [4.78, 5) is 29.5. The van der Waals surface area contributed by atoms with Crippen molar-refractivity contribution in [3.63, 3.8) is 0 Å². The SMILES string of the molecule is CCC(C)NC(=O)C(Cc1ccccc1)N(Cc1ccccc1C)C(=O)CN(c1ccc(C)cc1C)S(C)(=O)=O. The zero-order valence-electron chi connectivity index (χ0n) is 24.3. The molecule has 0 saturated heterocycles. The van der Waals surface area contributed by atoms with Crippen molar-refractivity contribution in [1.82, 2.24) is 10.2 Å². The number of amides is 2. The van der Waals surface area contributed by atoms with Crippen molar-refractivity contribution >= 4 is 27.5 Å². The lowest BCUT2D eigenvalue weighted by Gasteiger charge is -2.34. The second-order valence-electron chi connectivity index (χ2n) is 10.5. The zero-order chi connectivity index (χ0) is 29.4. The summed E-state index contributed by atoms with van der Waals surface area (Å²) in [6.07, 6.45) is 2.13. The van der Waals surface area contributed by atoms with Crippen LogP contribution in [0.3, 0.4) is 0 Å². The molecule has 2 unspecified atom stereocenters. The highest BCUT2D eigenvalue weighted by atomic mass is 32.2. The smallest absolute Gasteiger partial charge is 0.244 e. The van der Waals surface area contributed by atoms with E-state index in [2.05, 4.69) is 5.32 Å². The van der Waals surface area contributed by atoms with E-state index in [4.69, 9.17) is 0 Å². The highest BCUT2D eigenvalue weighted by Gasteiger charge is 2.33. The van der Waals surface area contributed by atoms with E-state index in [1.165, 1.54) is 4.90 Å². The third-order valence-electron chi connectivity index (χ3n) is 7.17. The number of nitrogens with one attached hydrogen (secondary N) is 1. The van der Waals surface area contributed by atoms with E-state index in [1.807, 2.05) is 101 Å². The van der Waals surface area contributed by atoms with Crippen LogP contribution < -0.4 is 9.62 Å². The van der Waals surface area contributed by atoms with Crippen LogP contribution >= 0.6 is 0 Å². The van der Waals surface area contributed by atoms with Gasteiger partial charge in [0.1, 0.15) is 12.6 Å².